The molecule has 2 atom stereocenters. The van der Waals surface area contributed by atoms with E-state index >= 15 is 0 Å². The van der Waals surface area contributed by atoms with Gasteiger partial charge in [-0.1, -0.05) is 6.07 Å². The van der Waals surface area contributed by atoms with Crippen LogP contribution in [0.1, 0.15) is 20.8 Å². The highest BCUT2D eigenvalue weighted by atomic mass is 16.6. The monoisotopic (exact) mass is 411 g/mol. The van der Waals surface area contributed by atoms with E-state index in [0.717, 1.165) is 0 Å². The van der Waals surface area contributed by atoms with Crippen LogP contribution in [0, 0.1) is 5.92 Å². The van der Waals surface area contributed by atoms with Crippen LogP contribution in [0.5, 0.6) is 11.5 Å². The number of hydrogen-bond acceptors (Lipinski definition) is 5. The molecule has 0 saturated carbocycles. The molecule has 2 aromatic rings. The molecule has 0 aliphatic carbocycles. The van der Waals surface area contributed by atoms with Crippen molar-refractivity contribution in [3.63, 3.8) is 0 Å². The summed E-state index contributed by atoms with van der Waals surface area (Å²) in [5.74, 6) is 1.05. The van der Waals surface area contributed by atoms with E-state index in [2.05, 4.69) is 0 Å². The van der Waals surface area contributed by atoms with E-state index in [1.807, 2.05) is 51.9 Å². The minimum Gasteiger partial charge on any atom is -0.486 e. The number of ether oxygens (including phenoxy) is 3. The molecule has 4 heterocycles. The molecule has 158 valence electrons. The third kappa shape index (κ3) is 3.31. The molecule has 3 aliphatic heterocycles. The summed E-state index contributed by atoms with van der Waals surface area (Å²) in [5, 5.41) is 0. The molecule has 8 nitrogen and oxygen atoms in total. The van der Waals surface area contributed by atoms with Crippen molar-refractivity contribution in [3.8, 4) is 11.5 Å². The molecule has 0 spiro atoms. The normalized spacial score (nSPS) is 23.1. The molecule has 1 aromatic carbocycles. The zero-order valence-corrected chi connectivity index (χ0v) is 17.0. The first-order chi connectivity index (χ1) is 14.6. The summed E-state index contributed by atoms with van der Waals surface area (Å²) >= 11 is 0. The van der Waals surface area contributed by atoms with Crippen LogP contribution in [0.4, 0.5) is 0 Å². The lowest BCUT2D eigenvalue weighted by Crippen LogP contribution is -2.48. The summed E-state index contributed by atoms with van der Waals surface area (Å²) in [6, 6.07) is 8.91. The van der Waals surface area contributed by atoms with E-state index in [1.165, 1.54) is 0 Å². The average Bonchev–Trinajstić information content (AvgIpc) is 2.97. The molecule has 2 amide bonds. The van der Waals surface area contributed by atoms with Crippen LogP contribution in [0.15, 0.2) is 36.5 Å². The van der Waals surface area contributed by atoms with Gasteiger partial charge in [0, 0.05) is 38.8 Å². The van der Waals surface area contributed by atoms with Gasteiger partial charge in [0.1, 0.15) is 18.9 Å². The van der Waals surface area contributed by atoms with E-state index < -0.39 is 0 Å². The van der Waals surface area contributed by atoms with E-state index in [0.29, 0.717) is 68.8 Å². The van der Waals surface area contributed by atoms with Crippen molar-refractivity contribution in [2.75, 3.05) is 46.1 Å². The summed E-state index contributed by atoms with van der Waals surface area (Å²) < 4.78 is 19.0. The quantitative estimate of drug-likeness (QED) is 0.747. The second-order valence-corrected chi connectivity index (χ2v) is 8.06. The standard InChI is InChI=1S/C22H25N3O5/c1-23-7-3-5-18(23)22(27)25-11-15-10-24(12-16(25)14-28-13-15)21(26)17-4-2-6-19-20(17)30-9-8-29-19/h2-7,15-16H,8-14H2,1H3/t15-,16-/m0/s1. The summed E-state index contributed by atoms with van der Waals surface area (Å²) in [5.41, 5.74) is 1.15. The third-order valence-electron chi connectivity index (χ3n) is 5.98. The van der Waals surface area contributed by atoms with Crippen molar-refractivity contribution < 1.29 is 23.8 Å². The maximum absolute atomic E-state index is 13.5. The first-order valence-electron chi connectivity index (χ1n) is 10.3. The van der Waals surface area contributed by atoms with Crippen molar-refractivity contribution >= 4 is 11.8 Å². The number of amides is 2. The summed E-state index contributed by atoms with van der Waals surface area (Å²) in [6.45, 7) is 3.39. The molecule has 0 radical (unpaired) electrons. The molecule has 3 aliphatic rings. The number of carbonyl (C=O) groups excluding carboxylic acids is 2. The number of rotatable bonds is 2. The van der Waals surface area contributed by atoms with Gasteiger partial charge in [-0.05, 0) is 24.3 Å². The highest BCUT2D eigenvalue weighted by Crippen LogP contribution is 2.35. The van der Waals surface area contributed by atoms with Gasteiger partial charge < -0.3 is 28.6 Å². The van der Waals surface area contributed by atoms with Gasteiger partial charge >= 0.3 is 0 Å². The molecule has 5 rings (SSSR count). The lowest BCUT2D eigenvalue weighted by Gasteiger charge is -2.32. The van der Waals surface area contributed by atoms with Gasteiger partial charge in [-0.2, -0.15) is 0 Å². The van der Waals surface area contributed by atoms with E-state index in [-0.39, 0.29) is 23.8 Å². The number of carbonyl (C=O) groups is 2. The Morgan fingerprint density at radius 2 is 1.83 bits per heavy atom. The maximum Gasteiger partial charge on any atom is 0.270 e. The van der Waals surface area contributed by atoms with E-state index in [9.17, 15) is 9.59 Å². The minimum atomic E-state index is -0.194. The maximum atomic E-state index is 13.5. The summed E-state index contributed by atoms with van der Waals surface area (Å²) in [7, 11) is 1.87. The van der Waals surface area contributed by atoms with Gasteiger partial charge in [0.15, 0.2) is 11.5 Å². The molecular formula is C22H25N3O5. The number of para-hydroxylation sites is 1. The van der Waals surface area contributed by atoms with Crippen LogP contribution in [-0.2, 0) is 11.8 Å². The second-order valence-electron chi connectivity index (χ2n) is 8.06. The van der Waals surface area contributed by atoms with Gasteiger partial charge in [-0.25, -0.2) is 0 Å². The SMILES string of the molecule is Cn1cccc1C(=O)N1C[C@H]2COC[C@@H]1CN(C(=O)c1cccc3c1OCCO3)C2. The zero-order chi connectivity index (χ0) is 20.7. The molecule has 8 heteroatoms. The number of hydrogen-bond donors (Lipinski definition) is 0. The molecule has 2 bridgehead atoms. The average molecular weight is 411 g/mol. The molecule has 0 unspecified atom stereocenters. The Morgan fingerprint density at radius 1 is 0.967 bits per heavy atom. The van der Waals surface area contributed by atoms with Crippen LogP contribution in [0.25, 0.3) is 0 Å². The summed E-state index contributed by atoms with van der Waals surface area (Å²) in [4.78, 5) is 30.4. The van der Waals surface area contributed by atoms with Crippen molar-refractivity contribution in [1.29, 1.82) is 0 Å². The van der Waals surface area contributed by atoms with Crippen LogP contribution in [0.2, 0.25) is 0 Å². The predicted molar refractivity (Wildman–Crippen MR) is 108 cm³/mol. The highest BCUT2D eigenvalue weighted by molar-refractivity contribution is 5.98. The zero-order valence-electron chi connectivity index (χ0n) is 17.0. The number of aryl methyl sites for hydroxylation is 1. The van der Waals surface area contributed by atoms with Gasteiger partial charge in [-0.3, -0.25) is 9.59 Å². The fourth-order valence-corrected chi connectivity index (χ4v) is 4.50. The number of aromatic nitrogens is 1. The first kappa shape index (κ1) is 19.0. The topological polar surface area (TPSA) is 73.2 Å². The predicted octanol–water partition coefficient (Wildman–Crippen LogP) is 1.41. The number of fused-ring (bicyclic) bond motifs is 4. The van der Waals surface area contributed by atoms with Gasteiger partial charge in [0.2, 0.25) is 0 Å². The Balaban J connectivity index is 1.42. The van der Waals surface area contributed by atoms with Gasteiger partial charge in [-0.15, -0.1) is 0 Å². The first-order valence-corrected chi connectivity index (χ1v) is 10.3. The number of nitrogens with zero attached hydrogens (tertiary/aromatic N) is 3. The van der Waals surface area contributed by atoms with Crippen LogP contribution in [0.3, 0.4) is 0 Å². The van der Waals surface area contributed by atoms with Crippen LogP contribution in [-0.4, -0.2) is 78.3 Å². The van der Waals surface area contributed by atoms with E-state index in [4.69, 9.17) is 14.2 Å². The minimum absolute atomic E-state index is 0.0221. The Labute approximate surface area is 174 Å². The van der Waals surface area contributed by atoms with Gasteiger partial charge in [0.05, 0.1) is 24.8 Å². The molecule has 2 saturated heterocycles. The Bertz CT molecular complexity index is 971. The molecule has 30 heavy (non-hydrogen) atoms. The van der Waals surface area contributed by atoms with Crippen molar-refractivity contribution in [1.82, 2.24) is 14.4 Å². The smallest absolute Gasteiger partial charge is 0.270 e. The lowest BCUT2D eigenvalue weighted by molar-refractivity contribution is 0.0375. The second kappa shape index (κ2) is 7.68. The third-order valence-corrected chi connectivity index (χ3v) is 5.98. The Hall–Kier alpha value is -3.00. The summed E-state index contributed by atoms with van der Waals surface area (Å²) in [6.07, 6.45) is 1.87. The fourth-order valence-electron chi connectivity index (χ4n) is 4.50. The molecular weight excluding hydrogens is 386 g/mol. The lowest BCUT2D eigenvalue weighted by atomic mass is 10.1. The van der Waals surface area contributed by atoms with E-state index in [1.54, 1.807) is 6.07 Å². The Kier molecular flexibility index (Phi) is 4.86. The van der Waals surface area contributed by atoms with Gasteiger partial charge in [0.25, 0.3) is 11.8 Å². The van der Waals surface area contributed by atoms with Crippen molar-refractivity contribution in [2.45, 2.75) is 6.04 Å². The molecule has 1 aromatic heterocycles. The fraction of sp³-hybridized carbons (Fsp3) is 0.455. The number of benzene rings is 1. The Morgan fingerprint density at radius 3 is 2.67 bits per heavy atom. The molecule has 2 fully saturated rings. The molecule has 0 N–H and O–H groups in total. The van der Waals surface area contributed by atoms with Crippen molar-refractivity contribution in [3.05, 3.63) is 47.8 Å². The van der Waals surface area contributed by atoms with Crippen molar-refractivity contribution in [2.24, 2.45) is 13.0 Å². The van der Waals surface area contributed by atoms with Crippen LogP contribution < -0.4 is 9.47 Å². The van der Waals surface area contributed by atoms with Crippen LogP contribution >= 0.6 is 0 Å². The largest absolute Gasteiger partial charge is 0.486 e. The highest BCUT2D eigenvalue weighted by Gasteiger charge is 2.39.